The second kappa shape index (κ2) is 8.21. The number of nitrogens with one attached hydrogen (secondary N) is 1. The van der Waals surface area contributed by atoms with Crippen LogP contribution in [0.15, 0.2) is 48.7 Å². The number of hydrogen-bond donors (Lipinski definition) is 1. The monoisotopic (exact) mass is 404 g/mol. The summed E-state index contributed by atoms with van der Waals surface area (Å²) in [6, 6.07) is 14.2. The minimum atomic E-state index is -0.0220. The molecule has 4 nitrogen and oxygen atoms in total. The van der Waals surface area contributed by atoms with E-state index in [1.54, 1.807) is 7.11 Å². The smallest absolute Gasteiger partial charge is 0.262 e. The summed E-state index contributed by atoms with van der Waals surface area (Å²) < 4.78 is 6.55. The number of ether oxygens (including phenoxy) is 1. The highest BCUT2D eigenvalue weighted by Gasteiger charge is 2.22. The van der Waals surface area contributed by atoms with Gasteiger partial charge in [0.1, 0.15) is 16.1 Å². The molecular formula is C24H24N2O2S. The Morgan fingerprint density at radius 3 is 2.66 bits per heavy atom. The van der Waals surface area contributed by atoms with Gasteiger partial charge in [-0.25, -0.2) is 0 Å². The quantitative estimate of drug-likeness (QED) is 0.403. The van der Waals surface area contributed by atoms with Crippen molar-refractivity contribution in [3.63, 3.8) is 0 Å². The Bertz CT molecular complexity index is 1180. The Kier molecular flexibility index (Phi) is 5.49. The number of rotatable bonds is 6. The maximum atomic E-state index is 13.1. The molecule has 4 aromatic rings. The molecule has 4 rings (SSSR count). The van der Waals surface area contributed by atoms with Crippen molar-refractivity contribution in [1.29, 1.82) is 0 Å². The molecule has 1 amide bonds. The summed E-state index contributed by atoms with van der Waals surface area (Å²) in [6.07, 6.45) is 3.89. The number of carbonyl (C=O) groups is 1. The molecule has 0 aliphatic heterocycles. The summed E-state index contributed by atoms with van der Waals surface area (Å²) in [5.74, 6) is 0.718. The first-order valence-electron chi connectivity index (χ1n) is 9.87. The second-order valence-corrected chi connectivity index (χ2v) is 8.16. The van der Waals surface area contributed by atoms with Gasteiger partial charge in [0.2, 0.25) is 0 Å². The summed E-state index contributed by atoms with van der Waals surface area (Å²) >= 11 is 1.53. The van der Waals surface area contributed by atoms with Crippen LogP contribution in [0, 0.1) is 6.92 Å². The molecule has 0 aliphatic carbocycles. The van der Waals surface area contributed by atoms with E-state index in [1.165, 1.54) is 16.9 Å². The Morgan fingerprint density at radius 1 is 1.14 bits per heavy atom. The number of hydrogen-bond acceptors (Lipinski definition) is 4. The fourth-order valence-corrected chi connectivity index (χ4v) is 4.76. The van der Waals surface area contributed by atoms with Crippen molar-refractivity contribution >= 4 is 38.2 Å². The Labute approximate surface area is 174 Å². The molecule has 29 heavy (non-hydrogen) atoms. The van der Waals surface area contributed by atoms with E-state index in [0.717, 1.165) is 55.6 Å². The van der Waals surface area contributed by atoms with Crippen LogP contribution in [0.3, 0.4) is 0 Å². The van der Waals surface area contributed by atoms with Gasteiger partial charge < -0.3 is 10.1 Å². The number of amides is 1. The molecule has 0 unspecified atom stereocenters. The number of benzene rings is 2. The molecule has 2 heterocycles. The van der Waals surface area contributed by atoms with Gasteiger partial charge in [-0.1, -0.05) is 55.3 Å². The first-order chi connectivity index (χ1) is 14.1. The zero-order chi connectivity index (χ0) is 20.4. The number of nitrogens with zero attached hydrogens (tertiary/aromatic N) is 1. The Hall–Kier alpha value is -2.92. The first kappa shape index (κ1) is 19.4. The van der Waals surface area contributed by atoms with E-state index in [0.29, 0.717) is 6.54 Å². The number of unbranched alkanes of at least 4 members (excludes halogenated alkanes) is 1. The minimum absolute atomic E-state index is 0.0220. The molecular weight excluding hydrogens is 380 g/mol. The van der Waals surface area contributed by atoms with Gasteiger partial charge in [-0.15, -0.1) is 11.3 Å². The molecule has 2 aromatic carbocycles. The van der Waals surface area contributed by atoms with Gasteiger partial charge in [-0.05, 0) is 25.0 Å². The lowest BCUT2D eigenvalue weighted by atomic mass is 10.0. The lowest BCUT2D eigenvalue weighted by Crippen LogP contribution is -2.23. The standard InChI is InChI=1S/C24H24N2O2S/c1-4-5-13-25-24(27)23-20(16-11-9-15(2)10-12-16)18-14-26-21-17(22(18)29-23)7-6-8-19(21)28-3/h6-12,14H,4-5,13H2,1-3H3,(H,25,27). The zero-order valence-corrected chi connectivity index (χ0v) is 17.7. The summed E-state index contributed by atoms with van der Waals surface area (Å²) in [7, 11) is 1.65. The summed E-state index contributed by atoms with van der Waals surface area (Å²) in [6.45, 7) is 4.87. The fraction of sp³-hybridized carbons (Fsp3) is 0.250. The third-order valence-electron chi connectivity index (χ3n) is 5.09. The molecule has 148 valence electrons. The van der Waals surface area contributed by atoms with Crippen molar-refractivity contribution in [2.75, 3.05) is 13.7 Å². The number of pyridine rings is 1. The van der Waals surface area contributed by atoms with Crippen LogP contribution < -0.4 is 10.1 Å². The number of methoxy groups -OCH3 is 1. The second-order valence-electron chi connectivity index (χ2n) is 7.14. The molecule has 0 spiro atoms. The number of aromatic nitrogens is 1. The number of aryl methyl sites for hydroxylation is 1. The number of para-hydroxylation sites is 1. The van der Waals surface area contributed by atoms with Gasteiger partial charge >= 0.3 is 0 Å². The van der Waals surface area contributed by atoms with Crippen molar-refractivity contribution < 1.29 is 9.53 Å². The first-order valence-corrected chi connectivity index (χ1v) is 10.7. The summed E-state index contributed by atoms with van der Waals surface area (Å²) in [4.78, 5) is 18.5. The number of carbonyl (C=O) groups excluding carboxylic acids is 1. The van der Waals surface area contributed by atoms with E-state index in [9.17, 15) is 4.79 Å². The van der Waals surface area contributed by atoms with Crippen molar-refractivity contribution in [2.45, 2.75) is 26.7 Å². The van der Waals surface area contributed by atoms with E-state index >= 15 is 0 Å². The molecule has 1 N–H and O–H groups in total. The third kappa shape index (κ3) is 3.58. The maximum absolute atomic E-state index is 13.1. The SMILES string of the molecule is CCCCNC(=O)c1sc2c(cnc3c(OC)cccc32)c1-c1ccc(C)cc1. The number of thiophene rings is 1. The van der Waals surface area contributed by atoms with Gasteiger partial charge in [-0.3, -0.25) is 9.78 Å². The molecule has 0 bridgehead atoms. The molecule has 2 aromatic heterocycles. The van der Waals surface area contributed by atoms with Gasteiger partial charge in [0.15, 0.2) is 0 Å². The Morgan fingerprint density at radius 2 is 1.93 bits per heavy atom. The highest BCUT2D eigenvalue weighted by atomic mass is 32.1. The lowest BCUT2D eigenvalue weighted by molar-refractivity contribution is 0.0958. The topological polar surface area (TPSA) is 51.2 Å². The van der Waals surface area contributed by atoms with E-state index in [2.05, 4.69) is 48.4 Å². The fourth-order valence-electron chi connectivity index (χ4n) is 3.53. The van der Waals surface area contributed by atoms with Crippen LogP contribution in [0.4, 0.5) is 0 Å². The van der Waals surface area contributed by atoms with Gasteiger partial charge in [0.25, 0.3) is 5.91 Å². The van der Waals surface area contributed by atoms with Crippen LogP contribution in [0.5, 0.6) is 5.75 Å². The van der Waals surface area contributed by atoms with Gasteiger partial charge in [0, 0.05) is 33.8 Å². The van der Waals surface area contributed by atoms with Crippen LogP contribution in [0.2, 0.25) is 0 Å². The summed E-state index contributed by atoms with van der Waals surface area (Å²) in [5, 5.41) is 5.09. The lowest BCUT2D eigenvalue weighted by Gasteiger charge is -2.07. The molecule has 5 heteroatoms. The highest BCUT2D eigenvalue weighted by molar-refractivity contribution is 7.22. The molecule has 0 saturated carbocycles. The predicted octanol–water partition coefficient (Wildman–Crippen LogP) is 5.96. The number of fused-ring (bicyclic) bond motifs is 3. The van der Waals surface area contributed by atoms with Crippen LogP contribution in [-0.2, 0) is 0 Å². The molecule has 0 radical (unpaired) electrons. The van der Waals surface area contributed by atoms with E-state index in [1.807, 2.05) is 24.4 Å². The van der Waals surface area contributed by atoms with Crippen molar-refractivity contribution in [1.82, 2.24) is 10.3 Å². The normalized spacial score (nSPS) is 11.1. The van der Waals surface area contributed by atoms with Crippen LogP contribution in [0.1, 0.15) is 35.0 Å². The maximum Gasteiger partial charge on any atom is 0.262 e. The Balaban J connectivity index is 1.96. The predicted molar refractivity (Wildman–Crippen MR) is 121 cm³/mol. The highest BCUT2D eigenvalue weighted by Crippen LogP contribution is 2.42. The molecule has 0 fully saturated rings. The minimum Gasteiger partial charge on any atom is -0.494 e. The summed E-state index contributed by atoms with van der Waals surface area (Å²) in [5.41, 5.74) is 4.00. The third-order valence-corrected chi connectivity index (χ3v) is 6.33. The van der Waals surface area contributed by atoms with Crippen LogP contribution >= 0.6 is 11.3 Å². The van der Waals surface area contributed by atoms with Gasteiger partial charge in [0.05, 0.1) is 7.11 Å². The average Bonchev–Trinajstić information content (AvgIpc) is 3.14. The molecule has 0 atom stereocenters. The van der Waals surface area contributed by atoms with E-state index in [4.69, 9.17) is 4.74 Å². The van der Waals surface area contributed by atoms with E-state index in [-0.39, 0.29) is 5.91 Å². The van der Waals surface area contributed by atoms with Crippen molar-refractivity contribution in [3.8, 4) is 16.9 Å². The van der Waals surface area contributed by atoms with E-state index < -0.39 is 0 Å². The average molecular weight is 405 g/mol. The largest absolute Gasteiger partial charge is 0.494 e. The van der Waals surface area contributed by atoms with Crippen LogP contribution in [-0.4, -0.2) is 24.5 Å². The van der Waals surface area contributed by atoms with Crippen molar-refractivity contribution in [3.05, 3.63) is 59.1 Å². The van der Waals surface area contributed by atoms with Crippen LogP contribution in [0.25, 0.3) is 32.1 Å². The molecule has 0 saturated heterocycles. The zero-order valence-electron chi connectivity index (χ0n) is 16.9. The molecule has 0 aliphatic rings. The van der Waals surface area contributed by atoms with Gasteiger partial charge in [-0.2, -0.15) is 0 Å². The van der Waals surface area contributed by atoms with Crippen molar-refractivity contribution in [2.24, 2.45) is 0 Å².